The minimum Gasteiger partial charge on any atom is -0.410 e. The number of rotatable bonds is 1. The molecule has 0 bridgehead atoms. The van der Waals surface area contributed by atoms with Gasteiger partial charge in [-0.15, -0.1) is 0 Å². The zero-order valence-electron chi connectivity index (χ0n) is 12.2. The van der Waals surface area contributed by atoms with Crippen LogP contribution in [0.5, 0.6) is 5.75 Å². The molecule has 2 aliphatic rings. The summed E-state index contributed by atoms with van der Waals surface area (Å²) in [6.07, 6.45) is -0.510. The van der Waals surface area contributed by atoms with E-state index in [1.165, 1.54) is 9.80 Å². The van der Waals surface area contributed by atoms with Crippen LogP contribution in [0.15, 0.2) is 30.3 Å². The van der Waals surface area contributed by atoms with Crippen LogP contribution in [0.1, 0.15) is 6.92 Å². The van der Waals surface area contributed by atoms with Gasteiger partial charge >= 0.3 is 6.09 Å². The Hall–Kier alpha value is -2.57. The van der Waals surface area contributed by atoms with Gasteiger partial charge in [-0.2, -0.15) is 0 Å². The zero-order chi connectivity index (χ0) is 15.7. The number of para-hydroxylation sites is 1. The van der Waals surface area contributed by atoms with Gasteiger partial charge in [0.15, 0.2) is 0 Å². The largest absolute Gasteiger partial charge is 0.415 e. The van der Waals surface area contributed by atoms with Crippen molar-refractivity contribution < 1.29 is 19.1 Å². The van der Waals surface area contributed by atoms with Crippen molar-refractivity contribution in [3.8, 4) is 5.75 Å². The second-order valence-electron chi connectivity index (χ2n) is 5.40. The Labute approximate surface area is 127 Å². The van der Waals surface area contributed by atoms with Gasteiger partial charge in [0, 0.05) is 13.1 Å². The fourth-order valence-corrected chi connectivity index (χ4v) is 2.71. The van der Waals surface area contributed by atoms with E-state index in [0.717, 1.165) is 0 Å². The molecule has 0 aromatic heterocycles. The van der Waals surface area contributed by atoms with Crippen LogP contribution in [0.2, 0.25) is 0 Å². The Morgan fingerprint density at radius 1 is 1.23 bits per heavy atom. The predicted molar refractivity (Wildman–Crippen MR) is 77.1 cm³/mol. The maximum absolute atomic E-state index is 12.2. The quantitative estimate of drug-likeness (QED) is 0.805. The monoisotopic (exact) mass is 303 g/mol. The summed E-state index contributed by atoms with van der Waals surface area (Å²) in [5.74, 6) is 0.109. The van der Waals surface area contributed by atoms with Crippen molar-refractivity contribution in [2.45, 2.75) is 19.0 Å². The van der Waals surface area contributed by atoms with Crippen molar-refractivity contribution in [3.63, 3.8) is 0 Å². The van der Waals surface area contributed by atoms with Gasteiger partial charge in [0.25, 0.3) is 0 Å². The van der Waals surface area contributed by atoms with Crippen LogP contribution in [-0.2, 0) is 9.59 Å². The van der Waals surface area contributed by atoms with Crippen LogP contribution in [-0.4, -0.2) is 59.4 Å². The summed E-state index contributed by atoms with van der Waals surface area (Å²) in [6.45, 7) is 2.50. The van der Waals surface area contributed by atoms with E-state index in [9.17, 15) is 14.4 Å². The SMILES string of the molecule is C[C@@H]1NC(=O)[C@H]2CN(C(=O)Oc3ccccc3)CCN2C1=O. The average molecular weight is 303 g/mol. The first-order valence-electron chi connectivity index (χ1n) is 7.19. The molecule has 0 spiro atoms. The lowest BCUT2D eigenvalue weighted by atomic mass is 10.1. The number of hydrogen-bond acceptors (Lipinski definition) is 4. The highest BCUT2D eigenvalue weighted by molar-refractivity contribution is 5.97. The molecule has 116 valence electrons. The van der Waals surface area contributed by atoms with E-state index in [1.807, 2.05) is 6.07 Å². The lowest BCUT2D eigenvalue weighted by Crippen LogP contribution is -2.69. The summed E-state index contributed by atoms with van der Waals surface area (Å²) < 4.78 is 5.27. The van der Waals surface area contributed by atoms with E-state index in [1.54, 1.807) is 31.2 Å². The van der Waals surface area contributed by atoms with Crippen molar-refractivity contribution in [2.75, 3.05) is 19.6 Å². The molecule has 2 heterocycles. The first kappa shape index (κ1) is 14.4. The van der Waals surface area contributed by atoms with Gasteiger partial charge in [0.05, 0.1) is 6.54 Å². The number of hydrogen-bond donors (Lipinski definition) is 1. The standard InChI is InChI=1S/C15H17N3O4/c1-10-14(20)18-8-7-17(9-12(18)13(19)16-10)15(21)22-11-5-3-2-4-6-11/h2-6,10,12H,7-9H2,1H3,(H,16,19)/t10-,12+/m0/s1. The second-order valence-corrected chi connectivity index (χ2v) is 5.40. The molecule has 7 heteroatoms. The number of piperazine rings is 2. The van der Waals surface area contributed by atoms with Gasteiger partial charge in [-0.25, -0.2) is 4.79 Å². The molecule has 1 aromatic carbocycles. The van der Waals surface area contributed by atoms with Gasteiger partial charge in [-0.1, -0.05) is 18.2 Å². The molecule has 3 rings (SSSR count). The number of nitrogens with zero attached hydrogens (tertiary/aromatic N) is 2. The molecule has 0 unspecified atom stereocenters. The van der Waals surface area contributed by atoms with Crippen molar-refractivity contribution >= 4 is 17.9 Å². The lowest BCUT2D eigenvalue weighted by molar-refractivity contribution is -0.151. The molecule has 3 amide bonds. The van der Waals surface area contributed by atoms with E-state index >= 15 is 0 Å². The predicted octanol–water partition coefficient (Wildman–Crippen LogP) is 0.216. The number of ether oxygens (including phenoxy) is 1. The third-order valence-electron chi connectivity index (χ3n) is 3.90. The molecule has 2 atom stereocenters. The van der Waals surface area contributed by atoms with Gasteiger partial charge in [0.2, 0.25) is 11.8 Å². The molecule has 2 aliphatic heterocycles. The van der Waals surface area contributed by atoms with Crippen LogP contribution < -0.4 is 10.1 Å². The fraction of sp³-hybridized carbons (Fsp3) is 0.400. The highest BCUT2D eigenvalue weighted by atomic mass is 16.6. The van der Waals surface area contributed by atoms with E-state index in [0.29, 0.717) is 18.8 Å². The number of benzene rings is 1. The summed E-state index contributed by atoms with van der Waals surface area (Å²) >= 11 is 0. The van der Waals surface area contributed by atoms with Gasteiger partial charge in [0.1, 0.15) is 17.8 Å². The van der Waals surface area contributed by atoms with Crippen LogP contribution in [0.3, 0.4) is 0 Å². The average Bonchev–Trinajstić information content (AvgIpc) is 2.53. The fourth-order valence-electron chi connectivity index (χ4n) is 2.71. The molecule has 7 nitrogen and oxygen atoms in total. The normalized spacial score (nSPS) is 24.6. The topological polar surface area (TPSA) is 79.0 Å². The maximum atomic E-state index is 12.2. The molecular weight excluding hydrogens is 286 g/mol. The summed E-state index contributed by atoms with van der Waals surface area (Å²) in [5, 5.41) is 2.63. The Bertz CT molecular complexity index is 604. The van der Waals surface area contributed by atoms with Crippen molar-refractivity contribution in [2.24, 2.45) is 0 Å². The molecule has 1 aromatic rings. The first-order chi connectivity index (χ1) is 10.6. The zero-order valence-corrected chi connectivity index (χ0v) is 12.2. The molecule has 0 aliphatic carbocycles. The minimum absolute atomic E-state index is 0.110. The Balaban J connectivity index is 1.67. The van der Waals surface area contributed by atoms with Crippen molar-refractivity contribution in [1.29, 1.82) is 0 Å². The second kappa shape index (κ2) is 5.67. The van der Waals surface area contributed by atoms with Gasteiger partial charge < -0.3 is 19.9 Å². The molecule has 2 saturated heterocycles. The Morgan fingerprint density at radius 3 is 2.68 bits per heavy atom. The summed E-state index contributed by atoms with van der Waals surface area (Å²) in [7, 11) is 0. The number of amides is 3. The lowest BCUT2D eigenvalue weighted by Gasteiger charge is -2.44. The smallest absolute Gasteiger partial charge is 0.410 e. The molecular formula is C15H17N3O4. The van der Waals surface area contributed by atoms with Crippen molar-refractivity contribution in [1.82, 2.24) is 15.1 Å². The highest BCUT2D eigenvalue weighted by Crippen LogP contribution is 2.18. The molecule has 0 saturated carbocycles. The summed E-state index contributed by atoms with van der Waals surface area (Å²) in [6, 6.07) is 7.60. The van der Waals surface area contributed by atoms with Gasteiger partial charge in [-0.3, -0.25) is 9.59 Å². The van der Waals surface area contributed by atoms with E-state index in [4.69, 9.17) is 4.74 Å². The maximum Gasteiger partial charge on any atom is 0.415 e. The van der Waals surface area contributed by atoms with Crippen LogP contribution >= 0.6 is 0 Å². The Kier molecular flexibility index (Phi) is 3.70. The first-order valence-corrected chi connectivity index (χ1v) is 7.19. The van der Waals surface area contributed by atoms with Crippen LogP contribution in [0.4, 0.5) is 4.79 Å². The molecule has 1 N–H and O–H groups in total. The number of carbonyl (C=O) groups excluding carboxylic acids is 3. The summed E-state index contributed by atoms with van der Waals surface area (Å²) in [5.41, 5.74) is 0. The highest BCUT2D eigenvalue weighted by Gasteiger charge is 2.43. The minimum atomic E-state index is -0.638. The van der Waals surface area contributed by atoms with E-state index < -0.39 is 18.2 Å². The number of carbonyl (C=O) groups is 3. The van der Waals surface area contributed by atoms with Crippen LogP contribution in [0.25, 0.3) is 0 Å². The third-order valence-corrected chi connectivity index (χ3v) is 3.90. The Morgan fingerprint density at radius 2 is 1.95 bits per heavy atom. The number of fused-ring (bicyclic) bond motifs is 1. The van der Waals surface area contributed by atoms with Crippen molar-refractivity contribution in [3.05, 3.63) is 30.3 Å². The molecule has 0 radical (unpaired) electrons. The van der Waals surface area contributed by atoms with Crippen LogP contribution in [0, 0.1) is 0 Å². The third kappa shape index (κ3) is 2.61. The molecule has 22 heavy (non-hydrogen) atoms. The summed E-state index contributed by atoms with van der Waals surface area (Å²) in [4.78, 5) is 39.2. The van der Waals surface area contributed by atoms with Gasteiger partial charge in [-0.05, 0) is 19.1 Å². The number of nitrogens with one attached hydrogen (secondary N) is 1. The van der Waals surface area contributed by atoms with E-state index in [-0.39, 0.29) is 18.4 Å². The van der Waals surface area contributed by atoms with E-state index in [2.05, 4.69) is 5.32 Å². The molecule has 2 fully saturated rings.